The van der Waals surface area contributed by atoms with Gasteiger partial charge in [-0.05, 0) is 18.2 Å². The minimum Gasteiger partial charge on any atom is -0.495 e. The molecule has 0 aliphatic carbocycles. The van der Waals surface area contributed by atoms with Crippen LogP contribution in [0.15, 0.2) is 36.5 Å². The summed E-state index contributed by atoms with van der Waals surface area (Å²) in [5, 5.41) is 0. The van der Waals surface area contributed by atoms with Gasteiger partial charge >= 0.3 is 0 Å². The number of aromatic nitrogens is 1. The first kappa shape index (κ1) is 13.3. The fourth-order valence-corrected chi connectivity index (χ4v) is 1.88. The lowest BCUT2D eigenvalue weighted by Gasteiger charge is -2.21. The third kappa shape index (κ3) is 2.51. The molecular formula is C14H16FN3O. The van der Waals surface area contributed by atoms with Gasteiger partial charge in [0.15, 0.2) is 11.6 Å². The summed E-state index contributed by atoms with van der Waals surface area (Å²) in [6, 6.07) is 8.95. The lowest BCUT2D eigenvalue weighted by Crippen LogP contribution is -2.15. The van der Waals surface area contributed by atoms with Crippen molar-refractivity contribution in [3.8, 4) is 5.75 Å². The molecule has 0 fully saturated rings. The van der Waals surface area contributed by atoms with Crippen LogP contribution in [0.2, 0.25) is 0 Å². The highest BCUT2D eigenvalue weighted by molar-refractivity contribution is 5.67. The van der Waals surface area contributed by atoms with Gasteiger partial charge in [0.2, 0.25) is 0 Å². The van der Waals surface area contributed by atoms with E-state index in [0.29, 0.717) is 11.3 Å². The molecule has 0 saturated heterocycles. The fourth-order valence-electron chi connectivity index (χ4n) is 1.88. The monoisotopic (exact) mass is 261 g/mol. The first-order chi connectivity index (χ1) is 9.19. The second-order valence-corrected chi connectivity index (χ2v) is 4.04. The van der Waals surface area contributed by atoms with E-state index in [9.17, 15) is 4.39 Å². The zero-order valence-electron chi connectivity index (χ0n) is 10.9. The Hall–Kier alpha value is -2.14. The number of rotatable bonds is 4. The third-order valence-corrected chi connectivity index (χ3v) is 2.93. The summed E-state index contributed by atoms with van der Waals surface area (Å²) in [4.78, 5) is 5.72. The molecule has 100 valence electrons. The Morgan fingerprint density at radius 2 is 2.05 bits per heavy atom. The number of halogens is 1. The summed E-state index contributed by atoms with van der Waals surface area (Å²) in [5.74, 6) is 0.482. The molecule has 0 bridgehead atoms. The Labute approximate surface area is 111 Å². The molecule has 0 radical (unpaired) electrons. The van der Waals surface area contributed by atoms with Crippen molar-refractivity contribution in [1.29, 1.82) is 0 Å². The molecule has 0 unspecified atom stereocenters. The predicted octanol–water partition coefficient (Wildman–Crippen LogP) is 2.46. The van der Waals surface area contributed by atoms with Crippen LogP contribution in [0.1, 0.15) is 5.56 Å². The summed E-state index contributed by atoms with van der Waals surface area (Å²) in [6.45, 7) is 0.140. The highest BCUT2D eigenvalue weighted by Gasteiger charge is 2.16. The first-order valence-corrected chi connectivity index (χ1v) is 5.89. The zero-order valence-corrected chi connectivity index (χ0v) is 10.9. The number of nitrogens with two attached hydrogens (primary N) is 1. The van der Waals surface area contributed by atoms with Gasteiger partial charge in [-0.25, -0.2) is 9.37 Å². The van der Waals surface area contributed by atoms with Crippen molar-refractivity contribution in [2.75, 3.05) is 19.1 Å². The van der Waals surface area contributed by atoms with E-state index in [0.717, 1.165) is 5.69 Å². The molecule has 1 aromatic heterocycles. The van der Waals surface area contributed by atoms with Crippen molar-refractivity contribution >= 4 is 11.5 Å². The Morgan fingerprint density at radius 3 is 2.74 bits per heavy atom. The van der Waals surface area contributed by atoms with Crippen LogP contribution in [-0.2, 0) is 6.54 Å². The molecule has 4 nitrogen and oxygen atoms in total. The molecule has 1 aromatic carbocycles. The normalized spacial score (nSPS) is 10.3. The van der Waals surface area contributed by atoms with Crippen LogP contribution >= 0.6 is 0 Å². The van der Waals surface area contributed by atoms with Crippen molar-refractivity contribution in [1.82, 2.24) is 4.98 Å². The maximum absolute atomic E-state index is 14.2. The second-order valence-electron chi connectivity index (χ2n) is 4.04. The van der Waals surface area contributed by atoms with Crippen molar-refractivity contribution in [3.05, 3.63) is 47.9 Å². The van der Waals surface area contributed by atoms with Crippen molar-refractivity contribution in [3.63, 3.8) is 0 Å². The molecule has 19 heavy (non-hydrogen) atoms. The van der Waals surface area contributed by atoms with Gasteiger partial charge in [-0.1, -0.05) is 12.1 Å². The standard InChI is InChI=1S/C14H16FN3O/c1-18(11-5-3-4-6-12(11)19-2)14-13(15)10(9-16)7-8-17-14/h3-8H,9,16H2,1-2H3. The molecule has 0 amide bonds. The van der Waals surface area contributed by atoms with Gasteiger partial charge < -0.3 is 15.4 Å². The van der Waals surface area contributed by atoms with Crippen LogP contribution in [0.25, 0.3) is 0 Å². The molecule has 0 spiro atoms. The highest BCUT2D eigenvalue weighted by Crippen LogP contribution is 2.32. The van der Waals surface area contributed by atoms with Crippen molar-refractivity contribution in [2.24, 2.45) is 5.73 Å². The van der Waals surface area contributed by atoms with Crippen LogP contribution in [0.4, 0.5) is 15.9 Å². The maximum atomic E-state index is 14.2. The molecule has 1 heterocycles. The van der Waals surface area contributed by atoms with E-state index < -0.39 is 5.82 Å². The predicted molar refractivity (Wildman–Crippen MR) is 73.1 cm³/mol. The van der Waals surface area contributed by atoms with E-state index >= 15 is 0 Å². The molecule has 0 aliphatic heterocycles. The number of nitrogens with zero attached hydrogens (tertiary/aromatic N) is 2. The topological polar surface area (TPSA) is 51.4 Å². The quantitative estimate of drug-likeness (QED) is 0.918. The molecule has 5 heteroatoms. The van der Waals surface area contributed by atoms with Crippen molar-refractivity contribution < 1.29 is 9.13 Å². The Morgan fingerprint density at radius 1 is 1.32 bits per heavy atom. The van der Waals surface area contributed by atoms with Crippen LogP contribution in [0.5, 0.6) is 5.75 Å². The van der Waals surface area contributed by atoms with Gasteiger partial charge in [0.25, 0.3) is 0 Å². The smallest absolute Gasteiger partial charge is 0.170 e. The molecule has 0 saturated carbocycles. The fraction of sp³-hybridized carbons (Fsp3) is 0.214. The number of methoxy groups -OCH3 is 1. The number of ether oxygens (including phenoxy) is 1. The largest absolute Gasteiger partial charge is 0.495 e. The average Bonchev–Trinajstić information content (AvgIpc) is 2.46. The Bertz CT molecular complexity index is 574. The summed E-state index contributed by atoms with van der Waals surface area (Å²) in [7, 11) is 3.32. The van der Waals surface area contributed by atoms with E-state index in [1.54, 1.807) is 31.3 Å². The highest BCUT2D eigenvalue weighted by atomic mass is 19.1. The van der Waals surface area contributed by atoms with Gasteiger partial charge in [-0.2, -0.15) is 0 Å². The Kier molecular flexibility index (Phi) is 3.97. The molecule has 2 N–H and O–H groups in total. The van der Waals surface area contributed by atoms with E-state index in [1.807, 2.05) is 24.3 Å². The maximum Gasteiger partial charge on any atom is 0.170 e. The third-order valence-electron chi connectivity index (χ3n) is 2.93. The van der Waals surface area contributed by atoms with E-state index in [1.165, 1.54) is 0 Å². The summed E-state index contributed by atoms with van der Waals surface area (Å²) < 4.78 is 19.5. The lowest BCUT2D eigenvalue weighted by atomic mass is 10.2. The van der Waals surface area contributed by atoms with Crippen LogP contribution in [0, 0.1) is 5.82 Å². The number of pyridine rings is 1. The number of benzene rings is 1. The van der Waals surface area contributed by atoms with Crippen LogP contribution in [0.3, 0.4) is 0 Å². The summed E-state index contributed by atoms with van der Waals surface area (Å²) in [6.07, 6.45) is 1.55. The molecule has 2 aromatic rings. The molecule has 0 atom stereocenters. The van der Waals surface area contributed by atoms with Crippen LogP contribution < -0.4 is 15.4 Å². The first-order valence-electron chi connectivity index (χ1n) is 5.89. The summed E-state index contributed by atoms with van der Waals surface area (Å²) in [5.41, 5.74) is 6.68. The minimum absolute atomic E-state index is 0.140. The molecule has 0 aliphatic rings. The SMILES string of the molecule is COc1ccccc1N(C)c1nccc(CN)c1F. The summed E-state index contributed by atoms with van der Waals surface area (Å²) >= 11 is 0. The van der Waals surface area contributed by atoms with E-state index in [2.05, 4.69) is 4.98 Å². The zero-order chi connectivity index (χ0) is 13.8. The minimum atomic E-state index is -0.404. The van der Waals surface area contributed by atoms with E-state index in [-0.39, 0.29) is 12.4 Å². The second kappa shape index (κ2) is 5.67. The number of hydrogen-bond donors (Lipinski definition) is 1. The Balaban J connectivity index is 2.47. The lowest BCUT2D eigenvalue weighted by molar-refractivity contribution is 0.415. The molecule has 2 rings (SSSR count). The van der Waals surface area contributed by atoms with Gasteiger partial charge in [0, 0.05) is 25.4 Å². The van der Waals surface area contributed by atoms with Gasteiger partial charge in [-0.15, -0.1) is 0 Å². The average molecular weight is 261 g/mol. The van der Waals surface area contributed by atoms with Gasteiger partial charge in [-0.3, -0.25) is 0 Å². The van der Waals surface area contributed by atoms with Crippen LogP contribution in [-0.4, -0.2) is 19.1 Å². The number of anilines is 2. The van der Waals surface area contributed by atoms with E-state index in [4.69, 9.17) is 10.5 Å². The number of hydrogen-bond acceptors (Lipinski definition) is 4. The number of para-hydroxylation sites is 2. The molecular weight excluding hydrogens is 245 g/mol. The van der Waals surface area contributed by atoms with Crippen molar-refractivity contribution in [2.45, 2.75) is 6.54 Å². The van der Waals surface area contributed by atoms with Gasteiger partial charge in [0.05, 0.1) is 12.8 Å². The van der Waals surface area contributed by atoms with Gasteiger partial charge in [0.1, 0.15) is 5.75 Å².